The van der Waals surface area contributed by atoms with E-state index in [0.717, 1.165) is 27.9 Å². The Morgan fingerprint density at radius 2 is 2.22 bits per heavy atom. The molecule has 0 amide bonds. The Bertz CT molecular complexity index is 423. The summed E-state index contributed by atoms with van der Waals surface area (Å²) in [4.78, 5) is 2.25. The molecule has 1 atom stereocenters. The first-order chi connectivity index (χ1) is 8.47. The molecule has 0 aromatic heterocycles. The van der Waals surface area contributed by atoms with Crippen molar-refractivity contribution in [3.8, 4) is 0 Å². The fraction of sp³-hybridized carbons (Fsp3) is 0.462. The monoisotopic (exact) mass is 329 g/mol. The van der Waals surface area contributed by atoms with Crippen LogP contribution >= 0.6 is 27.7 Å². The Kier molecular flexibility index (Phi) is 6.02. The molecule has 18 heavy (non-hydrogen) atoms. The van der Waals surface area contributed by atoms with E-state index >= 15 is 0 Å². The van der Waals surface area contributed by atoms with Gasteiger partial charge in [0.2, 0.25) is 0 Å². The standard InChI is InChI=1S/C13H20BrN3S/c1-9(6-7-18-3)17(2)10-4-5-11(13(15)16)12(14)8-10/h4-5,8-9H,6-7H2,1-3H3,(H3,15,16). The Morgan fingerprint density at radius 3 is 2.72 bits per heavy atom. The molecule has 1 aromatic carbocycles. The fourth-order valence-electron chi connectivity index (χ4n) is 1.68. The van der Waals surface area contributed by atoms with Crippen molar-refractivity contribution < 1.29 is 0 Å². The highest BCUT2D eigenvalue weighted by atomic mass is 79.9. The number of anilines is 1. The van der Waals surface area contributed by atoms with Crippen LogP contribution in [0, 0.1) is 5.41 Å². The van der Waals surface area contributed by atoms with E-state index in [0.29, 0.717) is 6.04 Å². The molecule has 0 fully saturated rings. The van der Waals surface area contributed by atoms with Crippen molar-refractivity contribution in [3.63, 3.8) is 0 Å². The van der Waals surface area contributed by atoms with Crippen molar-refractivity contribution in [2.45, 2.75) is 19.4 Å². The van der Waals surface area contributed by atoms with Gasteiger partial charge in [0.25, 0.3) is 0 Å². The van der Waals surface area contributed by atoms with Gasteiger partial charge in [-0.2, -0.15) is 11.8 Å². The number of amidine groups is 1. The number of hydrogen-bond donors (Lipinski definition) is 2. The van der Waals surface area contributed by atoms with Gasteiger partial charge in [0.15, 0.2) is 0 Å². The van der Waals surface area contributed by atoms with Gasteiger partial charge in [-0.15, -0.1) is 0 Å². The van der Waals surface area contributed by atoms with Crippen molar-refractivity contribution in [1.82, 2.24) is 0 Å². The summed E-state index contributed by atoms with van der Waals surface area (Å²) in [5, 5.41) is 7.46. The quantitative estimate of drug-likeness (QED) is 0.621. The van der Waals surface area contributed by atoms with Gasteiger partial charge in [0.05, 0.1) is 0 Å². The van der Waals surface area contributed by atoms with E-state index < -0.39 is 0 Å². The average Bonchev–Trinajstić information content (AvgIpc) is 2.34. The van der Waals surface area contributed by atoms with Crippen molar-refractivity contribution >= 4 is 39.2 Å². The van der Waals surface area contributed by atoms with E-state index in [2.05, 4.69) is 41.1 Å². The SMILES string of the molecule is CSCCC(C)N(C)c1ccc(C(=N)N)c(Br)c1. The predicted octanol–water partition coefficient (Wildman–Crippen LogP) is 3.31. The summed E-state index contributed by atoms with van der Waals surface area (Å²) in [5.41, 5.74) is 7.38. The molecule has 0 aliphatic heterocycles. The molecule has 3 N–H and O–H groups in total. The van der Waals surface area contributed by atoms with Crippen molar-refractivity contribution in [1.29, 1.82) is 5.41 Å². The lowest BCUT2D eigenvalue weighted by Crippen LogP contribution is -2.29. The number of hydrogen-bond acceptors (Lipinski definition) is 3. The largest absolute Gasteiger partial charge is 0.384 e. The number of thioether (sulfide) groups is 1. The molecule has 100 valence electrons. The van der Waals surface area contributed by atoms with E-state index in [1.807, 2.05) is 30.0 Å². The Morgan fingerprint density at radius 1 is 1.56 bits per heavy atom. The van der Waals surface area contributed by atoms with Gasteiger partial charge in [0, 0.05) is 28.8 Å². The fourth-order valence-corrected chi connectivity index (χ4v) is 2.84. The summed E-state index contributed by atoms with van der Waals surface area (Å²) in [7, 11) is 2.10. The van der Waals surface area contributed by atoms with E-state index in [-0.39, 0.29) is 5.84 Å². The summed E-state index contributed by atoms with van der Waals surface area (Å²) < 4.78 is 0.872. The van der Waals surface area contributed by atoms with E-state index in [4.69, 9.17) is 11.1 Å². The highest BCUT2D eigenvalue weighted by Crippen LogP contribution is 2.25. The molecule has 1 rings (SSSR count). The molecule has 1 unspecified atom stereocenters. The van der Waals surface area contributed by atoms with Crippen LogP contribution in [0.4, 0.5) is 5.69 Å². The number of halogens is 1. The molecular weight excluding hydrogens is 310 g/mol. The van der Waals surface area contributed by atoms with Crippen molar-refractivity contribution in [3.05, 3.63) is 28.2 Å². The lowest BCUT2D eigenvalue weighted by Gasteiger charge is -2.27. The molecule has 0 aliphatic rings. The third-order valence-corrected chi connectivity index (χ3v) is 4.35. The van der Waals surface area contributed by atoms with E-state index in [9.17, 15) is 0 Å². The molecule has 0 saturated heterocycles. The molecule has 0 radical (unpaired) electrons. The Labute approximate surface area is 122 Å². The highest BCUT2D eigenvalue weighted by Gasteiger charge is 2.12. The molecule has 3 nitrogen and oxygen atoms in total. The number of nitrogen functional groups attached to an aromatic ring is 1. The minimum Gasteiger partial charge on any atom is -0.384 e. The Balaban J connectivity index is 2.83. The number of benzene rings is 1. The summed E-state index contributed by atoms with van der Waals surface area (Å²) >= 11 is 5.34. The normalized spacial score (nSPS) is 12.2. The van der Waals surface area contributed by atoms with Crippen LogP contribution in [0.5, 0.6) is 0 Å². The summed E-state index contributed by atoms with van der Waals surface area (Å²) in [5.74, 6) is 1.25. The molecular formula is C13H20BrN3S. The van der Waals surface area contributed by atoms with Crippen LogP contribution < -0.4 is 10.6 Å². The summed E-state index contributed by atoms with van der Waals surface area (Å²) in [6.45, 7) is 2.23. The van der Waals surface area contributed by atoms with Crippen LogP contribution in [0.1, 0.15) is 18.9 Å². The molecule has 5 heteroatoms. The second-order valence-corrected chi connectivity index (χ2v) is 6.16. The lowest BCUT2D eigenvalue weighted by atomic mass is 10.1. The topological polar surface area (TPSA) is 53.1 Å². The first-order valence-corrected chi connectivity index (χ1v) is 8.01. The van der Waals surface area contributed by atoms with Gasteiger partial charge in [-0.05, 0) is 59.5 Å². The number of nitrogens with one attached hydrogen (secondary N) is 1. The first-order valence-electron chi connectivity index (χ1n) is 5.83. The van der Waals surface area contributed by atoms with Crippen molar-refractivity contribution in [2.75, 3.05) is 24.0 Å². The number of nitrogens with two attached hydrogens (primary N) is 1. The smallest absolute Gasteiger partial charge is 0.123 e. The maximum atomic E-state index is 7.46. The minimum atomic E-state index is 0.0894. The zero-order valence-corrected chi connectivity index (χ0v) is 13.4. The van der Waals surface area contributed by atoms with Crippen LogP contribution in [0.25, 0.3) is 0 Å². The highest BCUT2D eigenvalue weighted by molar-refractivity contribution is 9.10. The average molecular weight is 330 g/mol. The maximum Gasteiger partial charge on any atom is 0.123 e. The minimum absolute atomic E-state index is 0.0894. The van der Waals surface area contributed by atoms with Gasteiger partial charge < -0.3 is 10.6 Å². The molecule has 0 saturated carbocycles. The Hall–Kier alpha value is -0.680. The van der Waals surface area contributed by atoms with Gasteiger partial charge >= 0.3 is 0 Å². The zero-order chi connectivity index (χ0) is 13.7. The van der Waals surface area contributed by atoms with Crippen LogP contribution in [-0.4, -0.2) is 30.9 Å². The van der Waals surface area contributed by atoms with E-state index in [1.165, 1.54) is 0 Å². The van der Waals surface area contributed by atoms with Crippen molar-refractivity contribution in [2.24, 2.45) is 5.73 Å². The summed E-state index contributed by atoms with van der Waals surface area (Å²) in [6, 6.07) is 6.41. The predicted molar refractivity (Wildman–Crippen MR) is 86.0 cm³/mol. The number of rotatable bonds is 6. The third kappa shape index (κ3) is 3.92. The van der Waals surface area contributed by atoms with Crippen LogP contribution in [0.3, 0.4) is 0 Å². The van der Waals surface area contributed by atoms with Gasteiger partial charge in [-0.25, -0.2) is 0 Å². The van der Waals surface area contributed by atoms with Gasteiger partial charge in [0.1, 0.15) is 5.84 Å². The third-order valence-electron chi connectivity index (χ3n) is 3.05. The van der Waals surface area contributed by atoms with E-state index in [1.54, 1.807) is 0 Å². The number of nitrogens with zero attached hydrogens (tertiary/aromatic N) is 1. The second-order valence-electron chi connectivity index (χ2n) is 4.32. The summed E-state index contributed by atoms with van der Waals surface area (Å²) in [6.07, 6.45) is 3.29. The van der Waals surface area contributed by atoms with Crippen LogP contribution in [-0.2, 0) is 0 Å². The maximum absolute atomic E-state index is 7.46. The molecule has 1 aromatic rings. The lowest BCUT2D eigenvalue weighted by molar-refractivity contribution is 0.669. The molecule has 0 aliphatic carbocycles. The van der Waals surface area contributed by atoms with Crippen LogP contribution in [0.2, 0.25) is 0 Å². The molecule has 0 bridgehead atoms. The first kappa shape index (κ1) is 15.4. The van der Waals surface area contributed by atoms with Gasteiger partial charge in [-0.3, -0.25) is 5.41 Å². The van der Waals surface area contributed by atoms with Crippen LogP contribution in [0.15, 0.2) is 22.7 Å². The molecule has 0 heterocycles. The zero-order valence-electron chi connectivity index (χ0n) is 11.0. The van der Waals surface area contributed by atoms with Gasteiger partial charge in [-0.1, -0.05) is 0 Å². The molecule has 0 spiro atoms. The second kappa shape index (κ2) is 7.04.